The number of piperazine rings is 1. The molecule has 29 heavy (non-hydrogen) atoms. The summed E-state index contributed by atoms with van der Waals surface area (Å²) in [5.41, 5.74) is 0.804. The van der Waals surface area contributed by atoms with Crippen LogP contribution >= 0.6 is 0 Å². The Labute approximate surface area is 170 Å². The van der Waals surface area contributed by atoms with E-state index in [1.165, 1.54) is 4.90 Å². The van der Waals surface area contributed by atoms with Crippen molar-refractivity contribution in [2.24, 2.45) is 0 Å². The van der Waals surface area contributed by atoms with Gasteiger partial charge in [-0.3, -0.25) is 14.5 Å². The lowest BCUT2D eigenvalue weighted by atomic mass is 10.2. The number of aromatic nitrogens is 1. The Morgan fingerprint density at radius 1 is 0.966 bits per heavy atom. The second kappa shape index (κ2) is 7.77. The second-order valence-corrected chi connectivity index (χ2v) is 8.24. The SMILES string of the molecule is CC(=O)N1CCN(C(=O)c2ccc3ccc(N(C)C(=O)OC(C)(C)C)n3c2)CC1. The van der Waals surface area contributed by atoms with E-state index in [0.717, 1.165) is 5.52 Å². The molecule has 0 radical (unpaired) electrons. The van der Waals surface area contributed by atoms with E-state index in [1.54, 1.807) is 36.0 Å². The van der Waals surface area contributed by atoms with E-state index in [-0.39, 0.29) is 11.8 Å². The van der Waals surface area contributed by atoms with E-state index >= 15 is 0 Å². The molecule has 156 valence electrons. The molecular weight excluding hydrogens is 372 g/mol. The Morgan fingerprint density at radius 2 is 1.55 bits per heavy atom. The number of fused-ring (bicyclic) bond motifs is 1. The van der Waals surface area contributed by atoms with Crippen LogP contribution in [0.4, 0.5) is 10.6 Å². The van der Waals surface area contributed by atoms with Gasteiger partial charge in [-0.2, -0.15) is 0 Å². The van der Waals surface area contributed by atoms with Crippen molar-refractivity contribution in [2.75, 3.05) is 38.1 Å². The zero-order chi connectivity index (χ0) is 21.3. The number of hydrogen-bond acceptors (Lipinski definition) is 4. The lowest BCUT2D eigenvalue weighted by Crippen LogP contribution is -2.50. The van der Waals surface area contributed by atoms with Crippen molar-refractivity contribution in [3.63, 3.8) is 0 Å². The van der Waals surface area contributed by atoms with Crippen LogP contribution in [0.15, 0.2) is 30.5 Å². The van der Waals surface area contributed by atoms with Gasteiger partial charge in [0.2, 0.25) is 5.91 Å². The quantitative estimate of drug-likeness (QED) is 0.777. The first kappa shape index (κ1) is 20.7. The third kappa shape index (κ3) is 4.52. The smallest absolute Gasteiger partial charge is 0.415 e. The molecule has 3 heterocycles. The fraction of sp³-hybridized carbons (Fsp3) is 0.476. The highest BCUT2D eigenvalue weighted by atomic mass is 16.6. The van der Waals surface area contributed by atoms with Crippen molar-refractivity contribution >= 4 is 29.2 Å². The summed E-state index contributed by atoms with van der Waals surface area (Å²) in [5.74, 6) is 0.556. The largest absolute Gasteiger partial charge is 0.443 e. The van der Waals surface area contributed by atoms with Crippen LogP contribution in [-0.4, -0.2) is 70.9 Å². The molecule has 3 amide bonds. The predicted molar refractivity (Wildman–Crippen MR) is 110 cm³/mol. The van der Waals surface area contributed by atoms with Gasteiger partial charge in [0.25, 0.3) is 5.91 Å². The summed E-state index contributed by atoms with van der Waals surface area (Å²) in [5, 5.41) is 0. The maximum atomic E-state index is 12.9. The van der Waals surface area contributed by atoms with Crippen LogP contribution in [-0.2, 0) is 9.53 Å². The number of anilines is 1. The number of pyridine rings is 1. The second-order valence-electron chi connectivity index (χ2n) is 8.24. The van der Waals surface area contributed by atoms with Crippen molar-refractivity contribution < 1.29 is 19.1 Å². The van der Waals surface area contributed by atoms with Gasteiger partial charge in [0.15, 0.2) is 0 Å². The zero-order valence-corrected chi connectivity index (χ0v) is 17.6. The molecule has 1 saturated heterocycles. The van der Waals surface area contributed by atoms with Crippen LogP contribution in [0.3, 0.4) is 0 Å². The number of rotatable bonds is 2. The van der Waals surface area contributed by atoms with Crippen LogP contribution in [0, 0.1) is 0 Å². The lowest BCUT2D eigenvalue weighted by molar-refractivity contribution is -0.130. The van der Waals surface area contributed by atoms with Gasteiger partial charge in [0, 0.05) is 51.9 Å². The summed E-state index contributed by atoms with van der Waals surface area (Å²) in [6.07, 6.45) is 1.28. The molecular formula is C21H28N4O4. The normalized spacial score (nSPS) is 14.8. The van der Waals surface area contributed by atoms with Crippen LogP contribution in [0.1, 0.15) is 38.1 Å². The fourth-order valence-corrected chi connectivity index (χ4v) is 3.32. The lowest BCUT2D eigenvalue weighted by Gasteiger charge is -2.34. The Kier molecular flexibility index (Phi) is 5.55. The summed E-state index contributed by atoms with van der Waals surface area (Å²) in [4.78, 5) is 41.8. The van der Waals surface area contributed by atoms with E-state index in [1.807, 2.05) is 43.4 Å². The molecule has 0 aliphatic carbocycles. The molecule has 0 bridgehead atoms. The Hall–Kier alpha value is -3.03. The van der Waals surface area contributed by atoms with Gasteiger partial charge in [0.1, 0.15) is 11.4 Å². The molecule has 0 N–H and O–H groups in total. The molecule has 0 aromatic carbocycles. The first-order chi connectivity index (χ1) is 13.6. The van der Waals surface area contributed by atoms with Crippen molar-refractivity contribution in [1.82, 2.24) is 14.2 Å². The Bertz CT molecular complexity index is 936. The molecule has 2 aromatic heterocycles. The van der Waals surface area contributed by atoms with E-state index in [0.29, 0.717) is 37.6 Å². The summed E-state index contributed by atoms with van der Waals surface area (Å²) >= 11 is 0. The highest BCUT2D eigenvalue weighted by molar-refractivity contribution is 5.95. The molecule has 8 heteroatoms. The van der Waals surface area contributed by atoms with Crippen LogP contribution in [0.2, 0.25) is 0 Å². The number of carbonyl (C=O) groups excluding carboxylic acids is 3. The van der Waals surface area contributed by atoms with E-state index in [4.69, 9.17) is 4.74 Å². The highest BCUT2D eigenvalue weighted by Gasteiger charge is 2.25. The molecule has 1 aliphatic rings. The summed E-state index contributed by atoms with van der Waals surface area (Å²) in [6.45, 7) is 9.09. The average Bonchev–Trinajstić information content (AvgIpc) is 3.08. The minimum Gasteiger partial charge on any atom is -0.443 e. The third-order valence-electron chi connectivity index (χ3n) is 4.90. The number of carbonyl (C=O) groups is 3. The van der Waals surface area contributed by atoms with Crippen LogP contribution < -0.4 is 4.90 Å². The van der Waals surface area contributed by atoms with Gasteiger partial charge >= 0.3 is 6.09 Å². The topological polar surface area (TPSA) is 74.6 Å². The van der Waals surface area contributed by atoms with Gasteiger partial charge in [0.05, 0.1) is 5.56 Å². The first-order valence-corrected chi connectivity index (χ1v) is 9.69. The summed E-state index contributed by atoms with van der Waals surface area (Å²) in [7, 11) is 1.64. The molecule has 1 fully saturated rings. The van der Waals surface area contributed by atoms with Gasteiger partial charge < -0.3 is 18.9 Å². The third-order valence-corrected chi connectivity index (χ3v) is 4.90. The number of ether oxygens (including phenoxy) is 1. The number of hydrogen-bond donors (Lipinski definition) is 0. The summed E-state index contributed by atoms with van der Waals surface area (Å²) < 4.78 is 7.25. The molecule has 0 spiro atoms. The van der Waals surface area contributed by atoms with Crippen molar-refractivity contribution in [1.29, 1.82) is 0 Å². The van der Waals surface area contributed by atoms with Crippen LogP contribution in [0.5, 0.6) is 0 Å². The zero-order valence-electron chi connectivity index (χ0n) is 17.6. The van der Waals surface area contributed by atoms with Gasteiger partial charge in [-0.25, -0.2) is 4.79 Å². The van der Waals surface area contributed by atoms with Crippen molar-refractivity contribution in [2.45, 2.75) is 33.3 Å². The van der Waals surface area contributed by atoms with E-state index < -0.39 is 11.7 Å². The fourth-order valence-electron chi connectivity index (χ4n) is 3.32. The molecule has 3 rings (SSSR count). The molecule has 0 atom stereocenters. The molecule has 8 nitrogen and oxygen atoms in total. The molecule has 2 aromatic rings. The minimum absolute atomic E-state index is 0.0284. The van der Waals surface area contributed by atoms with E-state index in [2.05, 4.69) is 0 Å². The summed E-state index contributed by atoms with van der Waals surface area (Å²) in [6, 6.07) is 7.34. The van der Waals surface area contributed by atoms with E-state index in [9.17, 15) is 14.4 Å². The predicted octanol–water partition coefficient (Wildman–Crippen LogP) is 2.61. The standard InChI is InChI=1S/C21H28N4O4/c1-15(26)23-10-12-24(13-11-23)19(27)16-6-7-17-8-9-18(25(17)14-16)22(5)20(28)29-21(2,3)4/h6-9,14H,10-13H2,1-5H3. The molecule has 0 saturated carbocycles. The first-order valence-electron chi connectivity index (χ1n) is 9.69. The average molecular weight is 400 g/mol. The van der Waals surface area contributed by atoms with Crippen LogP contribution in [0.25, 0.3) is 5.52 Å². The minimum atomic E-state index is -0.596. The Balaban J connectivity index is 1.81. The number of nitrogens with zero attached hydrogens (tertiary/aromatic N) is 4. The van der Waals surface area contributed by atoms with Crippen molar-refractivity contribution in [3.05, 3.63) is 36.0 Å². The highest BCUT2D eigenvalue weighted by Crippen LogP contribution is 2.22. The Morgan fingerprint density at radius 3 is 2.14 bits per heavy atom. The maximum absolute atomic E-state index is 12.9. The molecule has 1 aliphatic heterocycles. The maximum Gasteiger partial charge on any atom is 0.415 e. The van der Waals surface area contributed by atoms with Gasteiger partial charge in [-0.15, -0.1) is 0 Å². The van der Waals surface area contributed by atoms with Crippen molar-refractivity contribution in [3.8, 4) is 0 Å². The van der Waals surface area contributed by atoms with Gasteiger partial charge in [-0.05, 0) is 45.0 Å². The molecule has 0 unspecified atom stereocenters. The number of amides is 3. The van der Waals surface area contributed by atoms with Gasteiger partial charge in [-0.1, -0.05) is 0 Å². The monoisotopic (exact) mass is 400 g/mol.